The molecule has 0 aliphatic heterocycles. The lowest BCUT2D eigenvalue weighted by atomic mass is 10.1. The molecule has 8 heteroatoms. The van der Waals surface area contributed by atoms with Crippen LogP contribution in [0.3, 0.4) is 0 Å². The van der Waals surface area contributed by atoms with E-state index in [4.69, 9.17) is 18.0 Å². The van der Waals surface area contributed by atoms with Crippen molar-refractivity contribution in [1.29, 1.82) is 0 Å². The normalized spacial score (nSPS) is 11.3. The highest BCUT2D eigenvalue weighted by molar-refractivity contribution is 6.60. The van der Waals surface area contributed by atoms with Gasteiger partial charge in [-0.25, -0.2) is 0 Å². The molecule has 0 saturated carbocycles. The SMILES string of the molecule is CCO[Si](CCCNC(=O)c1ccc(COc2cccc(C)c2C=O)cc1)(OCC)OCC. The smallest absolute Gasteiger partial charge is 0.488 e. The van der Waals surface area contributed by atoms with Crippen LogP contribution in [0.25, 0.3) is 0 Å². The number of carbonyl (C=O) groups excluding carboxylic acids is 2. The summed E-state index contributed by atoms with van der Waals surface area (Å²) in [6.07, 6.45) is 1.52. The molecule has 0 spiro atoms. The van der Waals surface area contributed by atoms with Crippen molar-refractivity contribution in [2.24, 2.45) is 0 Å². The third-order valence-electron chi connectivity index (χ3n) is 5.05. The number of ether oxygens (including phenoxy) is 1. The zero-order valence-electron chi connectivity index (χ0n) is 20.0. The van der Waals surface area contributed by atoms with E-state index in [0.29, 0.717) is 62.3 Å². The van der Waals surface area contributed by atoms with Crippen LogP contribution in [0, 0.1) is 6.92 Å². The van der Waals surface area contributed by atoms with Crippen molar-refractivity contribution in [2.45, 2.75) is 46.8 Å². The molecule has 0 aromatic heterocycles. The van der Waals surface area contributed by atoms with E-state index in [-0.39, 0.29) is 5.91 Å². The lowest BCUT2D eigenvalue weighted by Gasteiger charge is -2.28. The Kier molecular flexibility index (Phi) is 11.3. The number of amides is 1. The Morgan fingerprint density at radius 2 is 1.61 bits per heavy atom. The fourth-order valence-corrected chi connectivity index (χ4v) is 6.07. The van der Waals surface area contributed by atoms with Crippen LogP contribution in [0.15, 0.2) is 42.5 Å². The highest BCUT2D eigenvalue weighted by Crippen LogP contribution is 2.21. The minimum Gasteiger partial charge on any atom is -0.488 e. The van der Waals surface area contributed by atoms with E-state index in [0.717, 1.165) is 17.4 Å². The van der Waals surface area contributed by atoms with E-state index < -0.39 is 8.80 Å². The molecule has 0 unspecified atom stereocenters. The van der Waals surface area contributed by atoms with Crippen molar-refractivity contribution in [2.75, 3.05) is 26.4 Å². The number of aryl methyl sites for hydroxylation is 1. The highest BCUT2D eigenvalue weighted by atomic mass is 28.4. The van der Waals surface area contributed by atoms with Crippen LogP contribution < -0.4 is 10.1 Å². The molecule has 0 heterocycles. The van der Waals surface area contributed by atoms with Crippen molar-refractivity contribution < 1.29 is 27.6 Å². The maximum Gasteiger partial charge on any atom is 0.500 e. The lowest BCUT2D eigenvalue weighted by molar-refractivity contribution is 0.0704. The van der Waals surface area contributed by atoms with E-state index in [2.05, 4.69) is 5.32 Å². The van der Waals surface area contributed by atoms with Gasteiger partial charge in [-0.2, -0.15) is 0 Å². The summed E-state index contributed by atoms with van der Waals surface area (Å²) >= 11 is 0. The summed E-state index contributed by atoms with van der Waals surface area (Å²) in [6, 6.07) is 13.4. The van der Waals surface area contributed by atoms with Gasteiger partial charge in [0.2, 0.25) is 0 Å². The summed E-state index contributed by atoms with van der Waals surface area (Å²) in [7, 11) is -2.69. The van der Waals surface area contributed by atoms with Crippen molar-refractivity contribution in [1.82, 2.24) is 5.32 Å². The molecule has 180 valence electrons. The van der Waals surface area contributed by atoms with Crippen LogP contribution in [0.5, 0.6) is 5.75 Å². The van der Waals surface area contributed by atoms with Crippen LogP contribution in [0.4, 0.5) is 0 Å². The average molecular weight is 474 g/mol. The molecule has 0 saturated heterocycles. The number of nitrogens with one attached hydrogen (secondary N) is 1. The molecule has 2 aromatic carbocycles. The number of hydrogen-bond donors (Lipinski definition) is 1. The predicted molar refractivity (Wildman–Crippen MR) is 130 cm³/mol. The Labute approximate surface area is 197 Å². The second-order valence-electron chi connectivity index (χ2n) is 7.43. The van der Waals surface area contributed by atoms with Gasteiger partial charge in [0.25, 0.3) is 5.91 Å². The zero-order valence-corrected chi connectivity index (χ0v) is 21.0. The molecule has 0 bridgehead atoms. The molecule has 2 rings (SSSR count). The first-order valence-corrected chi connectivity index (χ1v) is 13.4. The van der Waals surface area contributed by atoms with Gasteiger partial charge in [0.1, 0.15) is 12.4 Å². The van der Waals surface area contributed by atoms with Crippen molar-refractivity contribution in [3.05, 3.63) is 64.7 Å². The van der Waals surface area contributed by atoms with Crippen molar-refractivity contribution >= 4 is 21.0 Å². The van der Waals surface area contributed by atoms with Gasteiger partial charge in [-0.05, 0) is 63.4 Å². The largest absolute Gasteiger partial charge is 0.500 e. The first-order valence-electron chi connectivity index (χ1n) is 11.4. The summed E-state index contributed by atoms with van der Waals surface area (Å²) in [5.41, 5.74) is 2.91. The van der Waals surface area contributed by atoms with E-state index in [1.54, 1.807) is 18.2 Å². The Balaban J connectivity index is 1.85. The number of carbonyl (C=O) groups is 2. The molecular formula is C25H35NO6Si. The van der Waals surface area contributed by atoms with Crippen LogP contribution in [0.1, 0.15) is 59.0 Å². The molecule has 0 atom stereocenters. The van der Waals surface area contributed by atoms with Crippen LogP contribution in [-0.2, 0) is 19.9 Å². The molecule has 7 nitrogen and oxygen atoms in total. The molecule has 0 aliphatic carbocycles. The third-order valence-corrected chi connectivity index (χ3v) is 8.20. The number of hydrogen-bond acceptors (Lipinski definition) is 6. The Hall–Kier alpha value is -2.52. The first-order chi connectivity index (χ1) is 16.0. The summed E-state index contributed by atoms with van der Waals surface area (Å²) in [4.78, 5) is 23.8. The van der Waals surface area contributed by atoms with Crippen molar-refractivity contribution in [3.8, 4) is 5.75 Å². The van der Waals surface area contributed by atoms with Crippen LogP contribution in [0.2, 0.25) is 6.04 Å². The van der Waals surface area contributed by atoms with Crippen LogP contribution in [-0.4, -0.2) is 47.4 Å². The predicted octanol–water partition coefficient (Wildman–Crippen LogP) is 4.55. The van der Waals surface area contributed by atoms with Gasteiger partial charge in [-0.15, -0.1) is 0 Å². The third kappa shape index (κ3) is 8.08. The fraction of sp³-hybridized carbons (Fsp3) is 0.440. The fourth-order valence-electron chi connectivity index (χ4n) is 3.45. The van der Waals surface area contributed by atoms with Gasteiger partial charge in [-0.3, -0.25) is 9.59 Å². The number of rotatable bonds is 15. The highest BCUT2D eigenvalue weighted by Gasteiger charge is 2.39. The van der Waals surface area contributed by atoms with Crippen LogP contribution >= 0.6 is 0 Å². The molecule has 0 fully saturated rings. The van der Waals surface area contributed by atoms with Gasteiger partial charge in [0, 0.05) is 38.0 Å². The molecule has 0 aliphatic rings. The summed E-state index contributed by atoms with van der Waals surface area (Å²) in [6.45, 7) is 10.1. The van der Waals surface area contributed by atoms with E-state index >= 15 is 0 Å². The standard InChI is InChI=1S/C25H35NO6Si/c1-5-30-33(31-6-2,32-7-3)17-9-16-26-25(28)22-14-12-21(13-15-22)19-29-24-11-8-10-20(4)23(24)18-27/h8,10-15,18H,5-7,9,16-17,19H2,1-4H3,(H,26,28). The molecule has 1 N–H and O–H groups in total. The number of benzene rings is 2. The van der Waals surface area contributed by atoms with Gasteiger partial charge >= 0.3 is 8.80 Å². The summed E-state index contributed by atoms with van der Waals surface area (Å²) in [5, 5.41) is 2.94. The van der Waals surface area contributed by atoms with Gasteiger partial charge in [0.05, 0.1) is 5.56 Å². The van der Waals surface area contributed by atoms with E-state index in [1.165, 1.54) is 0 Å². The Morgan fingerprint density at radius 1 is 0.970 bits per heavy atom. The molecule has 0 radical (unpaired) electrons. The minimum absolute atomic E-state index is 0.138. The summed E-state index contributed by atoms with van der Waals surface area (Å²) in [5.74, 6) is 0.415. The van der Waals surface area contributed by atoms with Crippen molar-refractivity contribution in [3.63, 3.8) is 0 Å². The van der Waals surface area contributed by atoms with E-state index in [1.807, 2.05) is 52.0 Å². The zero-order chi connectivity index (χ0) is 24.1. The second-order valence-corrected chi connectivity index (χ2v) is 10.2. The number of aldehydes is 1. The molecule has 1 amide bonds. The average Bonchev–Trinajstić information content (AvgIpc) is 2.81. The molecular weight excluding hydrogens is 438 g/mol. The Morgan fingerprint density at radius 3 is 2.18 bits per heavy atom. The minimum atomic E-state index is -2.69. The topological polar surface area (TPSA) is 83.1 Å². The Bertz CT molecular complexity index is 870. The van der Waals surface area contributed by atoms with E-state index in [9.17, 15) is 9.59 Å². The molecule has 33 heavy (non-hydrogen) atoms. The molecule has 2 aromatic rings. The summed E-state index contributed by atoms with van der Waals surface area (Å²) < 4.78 is 23.3. The first kappa shape index (κ1) is 26.7. The van der Waals surface area contributed by atoms with Gasteiger partial charge in [-0.1, -0.05) is 24.3 Å². The lowest BCUT2D eigenvalue weighted by Crippen LogP contribution is -2.46. The maximum atomic E-state index is 12.5. The monoisotopic (exact) mass is 473 g/mol. The van der Waals surface area contributed by atoms with Gasteiger partial charge < -0.3 is 23.3 Å². The maximum absolute atomic E-state index is 12.5. The quantitative estimate of drug-likeness (QED) is 0.232. The second kappa shape index (κ2) is 13.9. The van der Waals surface area contributed by atoms with Gasteiger partial charge in [0.15, 0.2) is 6.29 Å².